The average molecular weight is 315 g/mol. The Labute approximate surface area is 140 Å². The minimum atomic E-state index is -0.366. The number of nitrogens with one attached hydrogen (secondary N) is 1. The van der Waals surface area contributed by atoms with E-state index in [4.69, 9.17) is 0 Å². The number of hydrogen-bond acceptors (Lipinski definition) is 2. The molecule has 1 heterocycles. The van der Waals surface area contributed by atoms with E-state index in [0.717, 1.165) is 22.0 Å². The van der Waals surface area contributed by atoms with Crippen LogP contribution in [0.4, 0.5) is 0 Å². The molecule has 1 amide bonds. The summed E-state index contributed by atoms with van der Waals surface area (Å²) < 4.78 is 1.98. The molecule has 0 bridgehead atoms. The van der Waals surface area contributed by atoms with Gasteiger partial charge in [-0.2, -0.15) is 5.26 Å². The fourth-order valence-corrected chi connectivity index (χ4v) is 2.67. The van der Waals surface area contributed by atoms with E-state index >= 15 is 0 Å². The fourth-order valence-electron chi connectivity index (χ4n) is 2.67. The van der Waals surface area contributed by atoms with Crippen LogP contribution in [0.15, 0.2) is 66.4 Å². The van der Waals surface area contributed by atoms with Crippen molar-refractivity contribution in [3.63, 3.8) is 0 Å². The molecule has 0 atom stereocenters. The molecular formula is C20H17N3O. The molecule has 2 aromatic carbocycles. The topological polar surface area (TPSA) is 57.8 Å². The highest BCUT2D eigenvalue weighted by Crippen LogP contribution is 2.22. The van der Waals surface area contributed by atoms with E-state index in [0.29, 0.717) is 6.54 Å². The third-order valence-corrected chi connectivity index (χ3v) is 3.89. The molecule has 0 aliphatic carbocycles. The summed E-state index contributed by atoms with van der Waals surface area (Å²) in [5.74, 6) is -0.366. The molecule has 0 saturated carbocycles. The van der Waals surface area contributed by atoms with Gasteiger partial charge in [-0.1, -0.05) is 48.5 Å². The number of aryl methyl sites for hydroxylation is 1. The largest absolute Gasteiger partial charge is 0.350 e. The number of hydrogen-bond donors (Lipinski definition) is 1. The minimum Gasteiger partial charge on any atom is -0.350 e. The Balaban J connectivity index is 1.83. The summed E-state index contributed by atoms with van der Waals surface area (Å²) in [4.78, 5) is 12.3. The Bertz CT molecular complexity index is 946. The second kappa shape index (κ2) is 6.84. The highest BCUT2D eigenvalue weighted by molar-refractivity contribution is 6.04. The molecule has 0 unspecified atom stereocenters. The molecule has 0 saturated heterocycles. The van der Waals surface area contributed by atoms with Crippen molar-refractivity contribution in [2.24, 2.45) is 7.05 Å². The first kappa shape index (κ1) is 15.6. The standard InChI is InChI=1S/C20H17N3O/c1-23-14-17(18-9-5-6-10-19(18)23)11-16(12-21)20(24)22-13-15-7-3-2-4-8-15/h2-11,14H,13H2,1H3,(H,22,24)/b16-11-. The quantitative estimate of drug-likeness (QED) is 0.592. The first-order chi connectivity index (χ1) is 11.7. The first-order valence-corrected chi connectivity index (χ1v) is 7.67. The molecular weight excluding hydrogens is 298 g/mol. The van der Waals surface area contributed by atoms with E-state index in [1.54, 1.807) is 6.08 Å². The predicted octanol–water partition coefficient (Wildman–Crippen LogP) is 3.40. The minimum absolute atomic E-state index is 0.0993. The fraction of sp³-hybridized carbons (Fsp3) is 0.100. The third-order valence-electron chi connectivity index (χ3n) is 3.89. The van der Waals surface area contributed by atoms with Gasteiger partial charge in [-0.05, 0) is 17.7 Å². The maximum absolute atomic E-state index is 12.3. The van der Waals surface area contributed by atoms with Crippen LogP contribution in [0.2, 0.25) is 0 Å². The second-order valence-corrected chi connectivity index (χ2v) is 5.55. The van der Waals surface area contributed by atoms with Gasteiger partial charge in [0.1, 0.15) is 11.6 Å². The summed E-state index contributed by atoms with van der Waals surface area (Å²) in [5, 5.41) is 13.2. The van der Waals surface area contributed by atoms with Gasteiger partial charge in [0.05, 0.1) is 0 Å². The van der Waals surface area contributed by atoms with E-state index in [1.165, 1.54) is 0 Å². The lowest BCUT2D eigenvalue weighted by Gasteiger charge is -2.04. The lowest BCUT2D eigenvalue weighted by atomic mass is 10.1. The molecule has 1 aromatic heterocycles. The van der Waals surface area contributed by atoms with Gasteiger partial charge in [-0.25, -0.2) is 0 Å². The summed E-state index contributed by atoms with van der Waals surface area (Å²) in [6, 6.07) is 19.5. The van der Waals surface area contributed by atoms with Gasteiger partial charge in [0.15, 0.2) is 0 Å². The molecule has 3 aromatic rings. The van der Waals surface area contributed by atoms with Crippen molar-refractivity contribution in [3.8, 4) is 6.07 Å². The van der Waals surface area contributed by atoms with Crippen molar-refractivity contribution < 1.29 is 4.79 Å². The van der Waals surface area contributed by atoms with Crippen LogP contribution in [0, 0.1) is 11.3 Å². The highest BCUT2D eigenvalue weighted by Gasteiger charge is 2.11. The van der Waals surface area contributed by atoms with E-state index in [9.17, 15) is 10.1 Å². The van der Waals surface area contributed by atoms with Crippen molar-refractivity contribution in [3.05, 3.63) is 77.5 Å². The van der Waals surface area contributed by atoms with Crippen LogP contribution < -0.4 is 5.32 Å². The van der Waals surface area contributed by atoms with Gasteiger partial charge in [0.25, 0.3) is 5.91 Å². The van der Waals surface area contributed by atoms with Crippen molar-refractivity contribution in [2.45, 2.75) is 6.54 Å². The van der Waals surface area contributed by atoms with E-state index in [2.05, 4.69) is 5.32 Å². The molecule has 0 radical (unpaired) electrons. The number of carbonyl (C=O) groups is 1. The van der Waals surface area contributed by atoms with Crippen LogP contribution in [0.1, 0.15) is 11.1 Å². The lowest BCUT2D eigenvalue weighted by Crippen LogP contribution is -2.23. The highest BCUT2D eigenvalue weighted by atomic mass is 16.1. The van der Waals surface area contributed by atoms with Crippen LogP contribution in [-0.4, -0.2) is 10.5 Å². The smallest absolute Gasteiger partial charge is 0.262 e. The van der Waals surface area contributed by atoms with Crippen molar-refractivity contribution >= 4 is 22.9 Å². The van der Waals surface area contributed by atoms with Gasteiger partial charge in [-0.15, -0.1) is 0 Å². The molecule has 24 heavy (non-hydrogen) atoms. The maximum atomic E-state index is 12.3. The van der Waals surface area contributed by atoms with Gasteiger partial charge in [-0.3, -0.25) is 4.79 Å². The number of carbonyl (C=O) groups excluding carboxylic acids is 1. The maximum Gasteiger partial charge on any atom is 0.262 e. The van der Waals surface area contributed by atoms with E-state index < -0.39 is 0 Å². The predicted molar refractivity (Wildman–Crippen MR) is 94.8 cm³/mol. The van der Waals surface area contributed by atoms with Crippen LogP contribution in [0.5, 0.6) is 0 Å². The molecule has 0 spiro atoms. The van der Waals surface area contributed by atoms with Gasteiger partial charge < -0.3 is 9.88 Å². The molecule has 4 heteroatoms. The summed E-state index contributed by atoms with van der Waals surface area (Å²) >= 11 is 0. The van der Waals surface area contributed by atoms with Crippen molar-refractivity contribution in [1.29, 1.82) is 5.26 Å². The second-order valence-electron chi connectivity index (χ2n) is 5.55. The number of aromatic nitrogens is 1. The lowest BCUT2D eigenvalue weighted by molar-refractivity contribution is -0.117. The van der Waals surface area contributed by atoms with Crippen molar-refractivity contribution in [1.82, 2.24) is 9.88 Å². The zero-order chi connectivity index (χ0) is 16.9. The van der Waals surface area contributed by atoms with Gasteiger partial charge >= 0.3 is 0 Å². The number of nitriles is 1. The number of fused-ring (bicyclic) bond motifs is 1. The molecule has 0 aliphatic heterocycles. The van der Waals surface area contributed by atoms with Crippen LogP contribution in [-0.2, 0) is 18.4 Å². The monoisotopic (exact) mass is 315 g/mol. The van der Waals surface area contributed by atoms with Crippen LogP contribution in [0.3, 0.4) is 0 Å². The summed E-state index contributed by atoms with van der Waals surface area (Å²) in [6.07, 6.45) is 3.56. The van der Waals surface area contributed by atoms with Crippen LogP contribution >= 0.6 is 0 Å². The number of rotatable bonds is 4. The van der Waals surface area contributed by atoms with E-state index in [1.807, 2.05) is 78.5 Å². The molecule has 0 fully saturated rings. The Morgan fingerprint density at radius 3 is 2.62 bits per heavy atom. The van der Waals surface area contributed by atoms with Crippen LogP contribution in [0.25, 0.3) is 17.0 Å². The number of amides is 1. The number of benzene rings is 2. The Morgan fingerprint density at radius 2 is 1.88 bits per heavy atom. The average Bonchev–Trinajstić information content (AvgIpc) is 2.94. The Kier molecular flexibility index (Phi) is 4.44. The normalized spacial score (nSPS) is 11.2. The molecule has 1 N–H and O–H groups in total. The number of nitrogens with zero attached hydrogens (tertiary/aromatic N) is 2. The summed E-state index contributed by atoms with van der Waals surface area (Å²) in [5.41, 5.74) is 3.01. The molecule has 4 nitrogen and oxygen atoms in total. The zero-order valence-electron chi connectivity index (χ0n) is 13.4. The molecule has 0 aliphatic rings. The number of para-hydroxylation sites is 1. The van der Waals surface area contributed by atoms with Gasteiger partial charge in [0, 0.05) is 36.3 Å². The Morgan fingerprint density at radius 1 is 1.17 bits per heavy atom. The zero-order valence-corrected chi connectivity index (χ0v) is 13.4. The summed E-state index contributed by atoms with van der Waals surface area (Å²) in [6.45, 7) is 0.397. The van der Waals surface area contributed by atoms with Gasteiger partial charge in [0.2, 0.25) is 0 Å². The van der Waals surface area contributed by atoms with E-state index in [-0.39, 0.29) is 11.5 Å². The first-order valence-electron chi connectivity index (χ1n) is 7.67. The summed E-state index contributed by atoms with van der Waals surface area (Å²) in [7, 11) is 1.95. The molecule has 118 valence electrons. The Hall–Kier alpha value is -3.32. The SMILES string of the molecule is Cn1cc(/C=C(/C#N)C(=O)NCc2ccccc2)c2ccccc21. The molecule has 3 rings (SSSR count). The third kappa shape index (κ3) is 3.21. The van der Waals surface area contributed by atoms with Crippen molar-refractivity contribution in [2.75, 3.05) is 0 Å².